The van der Waals surface area contributed by atoms with Gasteiger partial charge in [-0.05, 0) is 30.3 Å². The van der Waals surface area contributed by atoms with E-state index < -0.39 is 10.0 Å². The van der Waals surface area contributed by atoms with E-state index in [-0.39, 0.29) is 23.5 Å². The molecular formula is C24H31N3O6S. The highest BCUT2D eigenvalue weighted by atomic mass is 32.2. The number of carbonyl (C=O) groups is 1. The van der Waals surface area contributed by atoms with Crippen molar-refractivity contribution in [2.45, 2.75) is 24.8 Å². The first kappa shape index (κ1) is 24.3. The van der Waals surface area contributed by atoms with Gasteiger partial charge < -0.3 is 24.4 Å². The van der Waals surface area contributed by atoms with Crippen LogP contribution in [0, 0.1) is 0 Å². The number of nitrogens with one attached hydrogen (secondary N) is 1. The summed E-state index contributed by atoms with van der Waals surface area (Å²) in [5, 5.41) is 2.90. The Morgan fingerprint density at radius 3 is 2.50 bits per heavy atom. The van der Waals surface area contributed by atoms with E-state index in [4.69, 9.17) is 14.2 Å². The Morgan fingerprint density at radius 1 is 1.09 bits per heavy atom. The molecule has 1 saturated heterocycles. The van der Waals surface area contributed by atoms with Crippen LogP contribution >= 0.6 is 0 Å². The van der Waals surface area contributed by atoms with Gasteiger partial charge in [0.2, 0.25) is 10.0 Å². The number of rotatable bonds is 8. The minimum atomic E-state index is -3.71. The van der Waals surface area contributed by atoms with Gasteiger partial charge in [0.1, 0.15) is 12.7 Å². The van der Waals surface area contributed by atoms with Crippen LogP contribution in [0.2, 0.25) is 0 Å². The zero-order valence-electron chi connectivity index (χ0n) is 19.5. The van der Waals surface area contributed by atoms with Crippen LogP contribution in [-0.2, 0) is 14.8 Å². The first-order chi connectivity index (χ1) is 16.4. The summed E-state index contributed by atoms with van der Waals surface area (Å²) in [7, 11) is -3.71. The van der Waals surface area contributed by atoms with Crippen molar-refractivity contribution in [3.63, 3.8) is 0 Å². The van der Waals surface area contributed by atoms with Crippen LogP contribution in [0.3, 0.4) is 0 Å². The number of fused-ring (bicyclic) bond motifs is 1. The maximum Gasteiger partial charge on any atom is 0.253 e. The minimum Gasteiger partial charge on any atom is -0.486 e. The SMILES string of the molecule is CCN(CC)S(=O)(=O)c1ccc(N2CCOCC2)c(C(=O)NCC2COc3ccccc3O2)c1. The fourth-order valence-corrected chi connectivity index (χ4v) is 5.60. The number of morpholine rings is 1. The lowest BCUT2D eigenvalue weighted by molar-refractivity contribution is 0.0788. The Balaban J connectivity index is 1.56. The molecule has 1 unspecified atom stereocenters. The minimum absolute atomic E-state index is 0.101. The van der Waals surface area contributed by atoms with Gasteiger partial charge in [0, 0.05) is 31.9 Å². The summed E-state index contributed by atoms with van der Waals surface area (Å²) in [5.41, 5.74) is 0.998. The standard InChI is InChI=1S/C24H31N3O6S/c1-3-27(4-2)34(29,30)19-9-10-21(26-11-13-31-14-12-26)20(15-19)24(28)25-16-18-17-32-22-7-5-6-8-23(22)33-18/h5-10,15,18H,3-4,11-14,16-17H2,1-2H3,(H,25,28). The Morgan fingerprint density at radius 2 is 1.79 bits per heavy atom. The Kier molecular flexibility index (Phi) is 7.60. The normalized spacial score (nSPS) is 18.1. The van der Waals surface area contributed by atoms with Gasteiger partial charge in [0.25, 0.3) is 5.91 Å². The summed E-state index contributed by atoms with van der Waals surface area (Å²) in [6, 6.07) is 12.1. The third-order valence-electron chi connectivity index (χ3n) is 5.97. The summed E-state index contributed by atoms with van der Waals surface area (Å²) < 4.78 is 44.7. The largest absolute Gasteiger partial charge is 0.486 e. The third-order valence-corrected chi connectivity index (χ3v) is 8.01. The van der Waals surface area contributed by atoms with Crippen LogP contribution in [0.1, 0.15) is 24.2 Å². The van der Waals surface area contributed by atoms with Crippen LogP contribution in [0.25, 0.3) is 0 Å². The van der Waals surface area contributed by atoms with Crippen LogP contribution < -0.4 is 19.7 Å². The van der Waals surface area contributed by atoms with Crippen molar-refractivity contribution in [2.24, 2.45) is 0 Å². The van der Waals surface area contributed by atoms with E-state index in [0.717, 1.165) is 0 Å². The van der Waals surface area contributed by atoms with Gasteiger partial charge in [0.05, 0.1) is 30.2 Å². The molecule has 34 heavy (non-hydrogen) atoms. The lowest BCUT2D eigenvalue weighted by Crippen LogP contribution is -2.42. The van der Waals surface area contributed by atoms with Crippen molar-refractivity contribution in [2.75, 3.05) is 57.4 Å². The van der Waals surface area contributed by atoms with Gasteiger partial charge in [0.15, 0.2) is 11.5 Å². The van der Waals surface area contributed by atoms with E-state index in [1.54, 1.807) is 26.0 Å². The zero-order chi connectivity index (χ0) is 24.1. The van der Waals surface area contributed by atoms with Crippen molar-refractivity contribution in [3.05, 3.63) is 48.0 Å². The van der Waals surface area contributed by atoms with Gasteiger partial charge >= 0.3 is 0 Å². The van der Waals surface area contributed by atoms with Gasteiger partial charge in [-0.25, -0.2) is 8.42 Å². The topological polar surface area (TPSA) is 97.4 Å². The summed E-state index contributed by atoms with van der Waals surface area (Å²) in [6.45, 7) is 7.17. The molecule has 2 aromatic carbocycles. The number of hydrogen-bond donors (Lipinski definition) is 1. The van der Waals surface area contributed by atoms with Gasteiger partial charge in [-0.15, -0.1) is 0 Å². The lowest BCUT2D eigenvalue weighted by Gasteiger charge is -2.31. The number of benzene rings is 2. The quantitative estimate of drug-likeness (QED) is 0.607. The third kappa shape index (κ3) is 5.13. The van der Waals surface area contributed by atoms with Gasteiger partial charge in [-0.3, -0.25) is 4.79 Å². The second-order valence-corrected chi connectivity index (χ2v) is 10.0. The smallest absolute Gasteiger partial charge is 0.253 e. The molecule has 0 spiro atoms. The van der Waals surface area contributed by atoms with E-state index in [0.29, 0.717) is 68.7 Å². The number of para-hydroxylation sites is 2. The van der Waals surface area contributed by atoms with E-state index in [9.17, 15) is 13.2 Å². The van der Waals surface area contributed by atoms with Crippen molar-refractivity contribution < 1.29 is 27.4 Å². The van der Waals surface area contributed by atoms with Gasteiger partial charge in [-0.2, -0.15) is 4.31 Å². The number of hydrogen-bond acceptors (Lipinski definition) is 7. The molecule has 1 fully saturated rings. The molecule has 4 rings (SSSR count). The first-order valence-electron chi connectivity index (χ1n) is 11.6. The summed E-state index contributed by atoms with van der Waals surface area (Å²) in [5.74, 6) is 0.948. The maximum absolute atomic E-state index is 13.3. The molecule has 0 aromatic heterocycles. The van der Waals surface area contributed by atoms with E-state index in [2.05, 4.69) is 5.32 Å². The molecule has 2 heterocycles. The predicted molar refractivity (Wildman–Crippen MR) is 128 cm³/mol. The molecule has 0 saturated carbocycles. The molecule has 1 amide bonds. The second-order valence-electron chi connectivity index (χ2n) is 8.08. The number of nitrogens with zero attached hydrogens (tertiary/aromatic N) is 2. The first-order valence-corrected chi connectivity index (χ1v) is 13.0. The highest BCUT2D eigenvalue weighted by molar-refractivity contribution is 7.89. The van der Waals surface area contributed by atoms with E-state index >= 15 is 0 Å². The molecule has 1 N–H and O–H groups in total. The summed E-state index contributed by atoms with van der Waals surface area (Å²) >= 11 is 0. The van der Waals surface area contributed by atoms with Crippen molar-refractivity contribution in [3.8, 4) is 11.5 Å². The average molecular weight is 490 g/mol. The van der Waals surface area contributed by atoms with Crippen LogP contribution in [-0.4, -0.2) is 77.3 Å². The predicted octanol–water partition coefficient (Wildman–Crippen LogP) is 2.12. The molecule has 1 atom stereocenters. The Labute approximate surface area is 200 Å². The monoisotopic (exact) mass is 489 g/mol. The van der Waals surface area contributed by atoms with Gasteiger partial charge in [-0.1, -0.05) is 26.0 Å². The summed E-state index contributed by atoms with van der Waals surface area (Å²) in [4.78, 5) is 15.5. The number of amides is 1. The molecule has 2 aliphatic rings. The fourth-order valence-electron chi connectivity index (χ4n) is 4.12. The average Bonchev–Trinajstić information content (AvgIpc) is 2.88. The van der Waals surface area contributed by atoms with Crippen LogP contribution in [0.4, 0.5) is 5.69 Å². The van der Waals surface area contributed by atoms with E-state index in [1.165, 1.54) is 10.4 Å². The van der Waals surface area contributed by atoms with Crippen LogP contribution in [0.15, 0.2) is 47.4 Å². The lowest BCUT2D eigenvalue weighted by atomic mass is 10.1. The molecule has 2 aliphatic heterocycles. The number of sulfonamides is 1. The zero-order valence-corrected chi connectivity index (χ0v) is 20.3. The second kappa shape index (κ2) is 10.6. The maximum atomic E-state index is 13.3. The fraction of sp³-hybridized carbons (Fsp3) is 0.458. The molecule has 0 aliphatic carbocycles. The number of carbonyl (C=O) groups excluding carboxylic acids is 1. The molecule has 0 radical (unpaired) electrons. The van der Waals surface area contributed by atoms with Crippen LogP contribution in [0.5, 0.6) is 11.5 Å². The molecule has 9 nitrogen and oxygen atoms in total. The van der Waals surface area contributed by atoms with Crippen molar-refractivity contribution in [1.29, 1.82) is 0 Å². The molecule has 0 bridgehead atoms. The highest BCUT2D eigenvalue weighted by Crippen LogP contribution is 2.31. The Hall–Kier alpha value is -2.82. The number of ether oxygens (including phenoxy) is 3. The number of anilines is 1. The van der Waals surface area contributed by atoms with Crippen molar-refractivity contribution >= 4 is 21.6 Å². The molecule has 2 aromatic rings. The highest BCUT2D eigenvalue weighted by Gasteiger charge is 2.27. The molecule has 184 valence electrons. The molecule has 10 heteroatoms. The van der Waals surface area contributed by atoms with Crippen molar-refractivity contribution in [1.82, 2.24) is 9.62 Å². The van der Waals surface area contributed by atoms with E-state index in [1.807, 2.05) is 29.2 Å². The molecular weight excluding hydrogens is 458 g/mol. The Bertz CT molecular complexity index is 1110. The summed E-state index contributed by atoms with van der Waals surface area (Å²) in [6.07, 6.45) is -0.353.